The second kappa shape index (κ2) is 4.43. The first-order valence-corrected chi connectivity index (χ1v) is 5.34. The fourth-order valence-electron chi connectivity index (χ4n) is 1.12. The third-order valence-electron chi connectivity index (χ3n) is 1.63. The zero-order valence-corrected chi connectivity index (χ0v) is 9.64. The van der Waals surface area contributed by atoms with Gasteiger partial charge in [-0.15, -0.1) is 11.8 Å². The van der Waals surface area contributed by atoms with E-state index >= 15 is 0 Å². The molecule has 0 aliphatic carbocycles. The Balaban J connectivity index is 3.20. The highest BCUT2D eigenvalue weighted by Gasteiger charge is 2.11. The zero-order chi connectivity index (χ0) is 10.7. The molecule has 1 heterocycles. The van der Waals surface area contributed by atoms with E-state index in [9.17, 15) is 0 Å². The SMILES string of the molecule is Cc1nc(C)c(C#N)c(SC(C)C)n1. The molecule has 74 valence electrons. The van der Waals surface area contributed by atoms with Gasteiger partial charge < -0.3 is 0 Å². The third kappa shape index (κ3) is 2.46. The molecule has 0 radical (unpaired) electrons. The summed E-state index contributed by atoms with van der Waals surface area (Å²) in [5.41, 5.74) is 1.37. The van der Waals surface area contributed by atoms with Crippen molar-refractivity contribution in [2.45, 2.75) is 38.0 Å². The van der Waals surface area contributed by atoms with Crippen LogP contribution in [0.1, 0.15) is 30.9 Å². The molecule has 0 N–H and O–H groups in total. The van der Waals surface area contributed by atoms with Gasteiger partial charge in [0.2, 0.25) is 0 Å². The maximum absolute atomic E-state index is 8.96. The minimum atomic E-state index is 0.427. The van der Waals surface area contributed by atoms with Crippen LogP contribution in [0, 0.1) is 25.2 Å². The fraction of sp³-hybridized carbons (Fsp3) is 0.500. The van der Waals surface area contributed by atoms with Gasteiger partial charge in [-0.05, 0) is 13.8 Å². The molecule has 1 aromatic rings. The Bertz CT molecular complexity index is 380. The molecule has 0 saturated heterocycles. The second-order valence-electron chi connectivity index (χ2n) is 3.31. The van der Waals surface area contributed by atoms with E-state index in [1.807, 2.05) is 13.8 Å². The number of hydrogen-bond donors (Lipinski definition) is 0. The van der Waals surface area contributed by atoms with Crippen LogP contribution in [-0.4, -0.2) is 15.2 Å². The second-order valence-corrected chi connectivity index (χ2v) is 4.88. The average molecular weight is 207 g/mol. The number of thioether (sulfide) groups is 1. The van der Waals surface area contributed by atoms with Crippen LogP contribution in [0.15, 0.2) is 5.03 Å². The van der Waals surface area contributed by atoms with Gasteiger partial charge in [-0.3, -0.25) is 0 Å². The van der Waals surface area contributed by atoms with E-state index in [4.69, 9.17) is 5.26 Å². The molecule has 1 aromatic heterocycles. The predicted molar refractivity (Wildman–Crippen MR) is 57.2 cm³/mol. The van der Waals surface area contributed by atoms with E-state index in [1.54, 1.807) is 11.8 Å². The van der Waals surface area contributed by atoms with Gasteiger partial charge in [-0.2, -0.15) is 5.26 Å². The van der Waals surface area contributed by atoms with Crippen molar-refractivity contribution in [3.05, 3.63) is 17.1 Å². The molecule has 1 rings (SSSR count). The maximum atomic E-state index is 8.96. The molecule has 0 unspecified atom stereocenters. The Morgan fingerprint density at radius 3 is 2.43 bits per heavy atom. The summed E-state index contributed by atoms with van der Waals surface area (Å²) in [7, 11) is 0. The molecule has 0 bridgehead atoms. The minimum absolute atomic E-state index is 0.427. The van der Waals surface area contributed by atoms with Gasteiger partial charge in [-0.25, -0.2) is 9.97 Å². The van der Waals surface area contributed by atoms with Gasteiger partial charge in [0.1, 0.15) is 22.5 Å². The highest BCUT2D eigenvalue weighted by molar-refractivity contribution is 7.99. The number of aromatic nitrogens is 2. The van der Waals surface area contributed by atoms with E-state index in [1.165, 1.54) is 0 Å². The van der Waals surface area contributed by atoms with Crippen molar-refractivity contribution < 1.29 is 0 Å². The molecular formula is C10H13N3S. The van der Waals surface area contributed by atoms with E-state index in [2.05, 4.69) is 29.9 Å². The topological polar surface area (TPSA) is 49.6 Å². The molecule has 0 atom stereocenters. The predicted octanol–water partition coefficient (Wildman–Crippen LogP) is 2.47. The fourth-order valence-corrected chi connectivity index (χ4v) is 2.06. The molecule has 0 aliphatic heterocycles. The van der Waals surface area contributed by atoms with Crippen molar-refractivity contribution in [1.82, 2.24) is 9.97 Å². The molecule has 14 heavy (non-hydrogen) atoms. The van der Waals surface area contributed by atoms with Crippen molar-refractivity contribution in [3.63, 3.8) is 0 Å². The normalized spacial score (nSPS) is 10.3. The highest BCUT2D eigenvalue weighted by Crippen LogP contribution is 2.25. The smallest absolute Gasteiger partial charge is 0.126 e. The summed E-state index contributed by atoms with van der Waals surface area (Å²) in [6.45, 7) is 7.85. The summed E-state index contributed by atoms with van der Waals surface area (Å²) >= 11 is 1.60. The lowest BCUT2D eigenvalue weighted by atomic mass is 10.3. The lowest BCUT2D eigenvalue weighted by molar-refractivity contribution is 0.918. The Hall–Kier alpha value is -1.08. The van der Waals surface area contributed by atoms with Crippen molar-refractivity contribution in [2.75, 3.05) is 0 Å². The minimum Gasteiger partial charge on any atom is -0.237 e. The maximum Gasteiger partial charge on any atom is 0.126 e. The first-order valence-electron chi connectivity index (χ1n) is 4.46. The van der Waals surface area contributed by atoms with E-state index < -0.39 is 0 Å². The average Bonchev–Trinajstić information content (AvgIpc) is 2.01. The largest absolute Gasteiger partial charge is 0.237 e. The van der Waals surface area contributed by atoms with Gasteiger partial charge in [0.25, 0.3) is 0 Å². The lowest BCUT2D eigenvalue weighted by Crippen LogP contribution is -2.00. The zero-order valence-electron chi connectivity index (χ0n) is 8.83. The molecule has 0 saturated carbocycles. The molecule has 0 fully saturated rings. The van der Waals surface area contributed by atoms with Gasteiger partial charge in [-0.1, -0.05) is 13.8 Å². The molecule has 0 aliphatic rings. The summed E-state index contributed by atoms with van der Waals surface area (Å²) in [4.78, 5) is 8.44. The van der Waals surface area contributed by atoms with Crippen LogP contribution in [0.25, 0.3) is 0 Å². The molecule has 4 heteroatoms. The molecule has 0 spiro atoms. The van der Waals surface area contributed by atoms with Crippen molar-refractivity contribution in [3.8, 4) is 6.07 Å². The highest BCUT2D eigenvalue weighted by atomic mass is 32.2. The number of nitrogens with zero attached hydrogens (tertiary/aromatic N) is 3. The van der Waals surface area contributed by atoms with E-state index in [-0.39, 0.29) is 0 Å². The summed E-state index contributed by atoms with van der Waals surface area (Å²) in [5, 5.41) is 10.2. The molecule has 3 nitrogen and oxygen atoms in total. The van der Waals surface area contributed by atoms with Crippen LogP contribution in [0.4, 0.5) is 0 Å². The number of rotatable bonds is 2. The van der Waals surface area contributed by atoms with Crippen LogP contribution in [0.5, 0.6) is 0 Å². The van der Waals surface area contributed by atoms with Crippen LogP contribution in [-0.2, 0) is 0 Å². The van der Waals surface area contributed by atoms with E-state index in [0.29, 0.717) is 10.8 Å². The molecule has 0 amide bonds. The van der Waals surface area contributed by atoms with Gasteiger partial charge in [0, 0.05) is 5.25 Å². The molecular weight excluding hydrogens is 194 g/mol. The summed E-state index contributed by atoms with van der Waals surface area (Å²) in [5.74, 6) is 0.727. The monoisotopic (exact) mass is 207 g/mol. The Morgan fingerprint density at radius 2 is 1.93 bits per heavy atom. The van der Waals surface area contributed by atoms with Crippen LogP contribution >= 0.6 is 11.8 Å². The van der Waals surface area contributed by atoms with Crippen molar-refractivity contribution in [1.29, 1.82) is 5.26 Å². The lowest BCUT2D eigenvalue weighted by Gasteiger charge is -2.08. The van der Waals surface area contributed by atoms with Gasteiger partial charge in [0.05, 0.1) is 5.69 Å². The first-order chi connectivity index (χ1) is 6.54. The van der Waals surface area contributed by atoms with Crippen LogP contribution in [0.3, 0.4) is 0 Å². The number of aryl methyl sites for hydroxylation is 2. The standard InChI is InChI=1S/C10H13N3S/c1-6(2)14-10-9(5-11)7(3)12-8(4)13-10/h6H,1-4H3. The number of nitriles is 1. The summed E-state index contributed by atoms with van der Waals surface area (Å²) in [6.07, 6.45) is 0. The van der Waals surface area contributed by atoms with E-state index in [0.717, 1.165) is 16.5 Å². The Morgan fingerprint density at radius 1 is 1.29 bits per heavy atom. The van der Waals surface area contributed by atoms with Crippen molar-refractivity contribution >= 4 is 11.8 Å². The summed E-state index contributed by atoms with van der Waals surface area (Å²) in [6, 6.07) is 2.15. The quantitative estimate of drug-likeness (QED) is 0.552. The number of hydrogen-bond acceptors (Lipinski definition) is 4. The molecule has 0 aromatic carbocycles. The Kier molecular flexibility index (Phi) is 3.48. The van der Waals surface area contributed by atoms with Crippen LogP contribution < -0.4 is 0 Å². The summed E-state index contributed by atoms with van der Waals surface area (Å²) < 4.78 is 0. The van der Waals surface area contributed by atoms with Gasteiger partial charge >= 0.3 is 0 Å². The first kappa shape index (κ1) is 11.0. The van der Waals surface area contributed by atoms with Gasteiger partial charge in [0.15, 0.2) is 0 Å². The Labute approximate surface area is 88.6 Å². The third-order valence-corrected chi connectivity index (χ3v) is 2.62. The van der Waals surface area contributed by atoms with Crippen molar-refractivity contribution in [2.24, 2.45) is 0 Å². The van der Waals surface area contributed by atoms with Crippen LogP contribution in [0.2, 0.25) is 0 Å².